The van der Waals surface area contributed by atoms with E-state index in [0.29, 0.717) is 27.1 Å². The third-order valence-corrected chi connectivity index (χ3v) is 4.22. The molecule has 0 aliphatic carbocycles. The number of H-pyrrole nitrogens is 1. The second kappa shape index (κ2) is 6.69. The number of aromatic nitrogens is 2. The number of halogens is 3. The maximum atomic E-state index is 12.2. The van der Waals surface area contributed by atoms with Crippen molar-refractivity contribution in [1.29, 1.82) is 0 Å². The van der Waals surface area contributed by atoms with E-state index in [1.807, 2.05) is 6.92 Å². The van der Waals surface area contributed by atoms with Crippen LogP contribution >= 0.6 is 34.8 Å². The first kappa shape index (κ1) is 16.1. The molecule has 1 amide bonds. The average molecular weight is 347 g/mol. The van der Waals surface area contributed by atoms with Gasteiger partial charge in [0.2, 0.25) is 0 Å². The van der Waals surface area contributed by atoms with Crippen LogP contribution in [0.5, 0.6) is 0 Å². The molecular weight excluding hydrogens is 333 g/mol. The molecule has 0 fully saturated rings. The molecule has 0 aliphatic heterocycles. The van der Waals surface area contributed by atoms with E-state index in [1.54, 1.807) is 30.3 Å². The van der Waals surface area contributed by atoms with Crippen LogP contribution in [0, 0.1) is 0 Å². The fraction of sp³-hybridized carbons (Fsp3) is 0.286. The Bertz CT molecular complexity index is 620. The Morgan fingerprint density at radius 1 is 1.33 bits per heavy atom. The van der Waals surface area contributed by atoms with Crippen molar-refractivity contribution in [1.82, 2.24) is 15.1 Å². The largest absolute Gasteiger partial charge is 0.339 e. The molecule has 1 aromatic carbocycles. The van der Waals surface area contributed by atoms with Crippen LogP contribution in [0.2, 0.25) is 15.1 Å². The molecule has 1 heterocycles. The van der Waals surface area contributed by atoms with Crippen molar-refractivity contribution >= 4 is 40.7 Å². The van der Waals surface area contributed by atoms with Crippen molar-refractivity contribution in [2.45, 2.75) is 19.4 Å². The summed E-state index contributed by atoms with van der Waals surface area (Å²) in [7, 11) is 1.73. The summed E-state index contributed by atoms with van der Waals surface area (Å²) in [4.78, 5) is 13.9. The van der Waals surface area contributed by atoms with Gasteiger partial charge in [-0.3, -0.25) is 9.89 Å². The normalized spacial score (nSPS) is 12.2. The minimum Gasteiger partial charge on any atom is -0.339 e. The SMILES string of the molecule is CC(Cc1c(Cl)cc(Cl)cc1Cl)N(C)C(=O)c1cn[nH]c1. The van der Waals surface area contributed by atoms with Crippen LogP contribution in [0.15, 0.2) is 24.5 Å². The van der Waals surface area contributed by atoms with Gasteiger partial charge in [0.15, 0.2) is 0 Å². The summed E-state index contributed by atoms with van der Waals surface area (Å²) >= 11 is 18.2. The van der Waals surface area contributed by atoms with Gasteiger partial charge in [-0.15, -0.1) is 0 Å². The number of hydrogen-bond donors (Lipinski definition) is 1. The Kier molecular flexibility index (Phi) is 5.14. The Morgan fingerprint density at radius 3 is 2.48 bits per heavy atom. The predicted octanol–water partition coefficient (Wildman–Crippen LogP) is 4.07. The van der Waals surface area contributed by atoms with Gasteiger partial charge >= 0.3 is 0 Å². The third-order valence-electron chi connectivity index (χ3n) is 3.33. The highest BCUT2D eigenvalue weighted by molar-refractivity contribution is 6.39. The summed E-state index contributed by atoms with van der Waals surface area (Å²) < 4.78 is 0. The van der Waals surface area contributed by atoms with Crippen LogP contribution in [0.1, 0.15) is 22.8 Å². The van der Waals surface area contributed by atoms with Crippen molar-refractivity contribution in [2.24, 2.45) is 0 Å². The molecule has 2 aromatic rings. The highest BCUT2D eigenvalue weighted by Gasteiger charge is 2.20. The van der Waals surface area contributed by atoms with Gasteiger partial charge in [0.25, 0.3) is 5.91 Å². The first-order valence-electron chi connectivity index (χ1n) is 6.29. The Morgan fingerprint density at radius 2 is 1.95 bits per heavy atom. The molecule has 4 nitrogen and oxygen atoms in total. The molecule has 2 rings (SSSR count). The highest BCUT2D eigenvalue weighted by atomic mass is 35.5. The first-order chi connectivity index (χ1) is 9.90. The van der Waals surface area contributed by atoms with Gasteiger partial charge in [-0.2, -0.15) is 5.10 Å². The smallest absolute Gasteiger partial charge is 0.257 e. The average Bonchev–Trinajstić information content (AvgIpc) is 2.94. The van der Waals surface area contributed by atoms with E-state index in [-0.39, 0.29) is 11.9 Å². The summed E-state index contributed by atoms with van der Waals surface area (Å²) in [5, 5.41) is 7.90. The Balaban J connectivity index is 2.14. The molecule has 0 radical (unpaired) electrons. The van der Waals surface area contributed by atoms with E-state index < -0.39 is 0 Å². The van der Waals surface area contributed by atoms with E-state index in [1.165, 1.54) is 6.20 Å². The molecule has 0 saturated carbocycles. The molecule has 0 spiro atoms. The van der Waals surface area contributed by atoms with E-state index >= 15 is 0 Å². The van der Waals surface area contributed by atoms with Crippen LogP contribution < -0.4 is 0 Å². The monoisotopic (exact) mass is 345 g/mol. The molecule has 1 atom stereocenters. The first-order valence-corrected chi connectivity index (χ1v) is 7.43. The zero-order valence-corrected chi connectivity index (χ0v) is 13.8. The standard InChI is InChI=1S/C14H14Cl3N3O/c1-8(20(2)14(21)9-6-18-19-7-9)3-11-12(16)4-10(15)5-13(11)17/h4-8H,3H2,1-2H3,(H,18,19). The molecule has 7 heteroatoms. The van der Waals surface area contributed by atoms with Crippen LogP contribution in [0.25, 0.3) is 0 Å². The number of amides is 1. The summed E-state index contributed by atoms with van der Waals surface area (Å²) in [5.41, 5.74) is 1.29. The molecule has 112 valence electrons. The van der Waals surface area contributed by atoms with Gasteiger partial charge in [-0.1, -0.05) is 34.8 Å². The number of hydrogen-bond acceptors (Lipinski definition) is 2. The second-order valence-corrected chi connectivity index (χ2v) is 6.06. The van der Waals surface area contributed by atoms with E-state index in [9.17, 15) is 4.79 Å². The van der Waals surface area contributed by atoms with Crippen molar-refractivity contribution in [3.63, 3.8) is 0 Å². The van der Waals surface area contributed by atoms with Crippen LogP contribution in [-0.4, -0.2) is 34.1 Å². The number of nitrogens with one attached hydrogen (secondary N) is 1. The van der Waals surface area contributed by atoms with Crippen molar-refractivity contribution in [3.05, 3.63) is 50.7 Å². The Hall–Kier alpha value is -1.23. The predicted molar refractivity (Wildman–Crippen MR) is 85.3 cm³/mol. The van der Waals surface area contributed by atoms with E-state index in [2.05, 4.69) is 10.2 Å². The fourth-order valence-corrected chi connectivity index (χ4v) is 2.94. The maximum absolute atomic E-state index is 12.2. The Labute approximate surface area is 138 Å². The zero-order valence-electron chi connectivity index (χ0n) is 11.5. The molecule has 21 heavy (non-hydrogen) atoms. The van der Waals surface area contributed by atoms with Crippen LogP contribution in [-0.2, 0) is 6.42 Å². The lowest BCUT2D eigenvalue weighted by molar-refractivity contribution is 0.0743. The second-order valence-electron chi connectivity index (χ2n) is 4.80. The molecule has 0 bridgehead atoms. The maximum Gasteiger partial charge on any atom is 0.257 e. The lowest BCUT2D eigenvalue weighted by Crippen LogP contribution is -2.36. The molecule has 1 N–H and O–H groups in total. The number of likely N-dealkylation sites (N-methyl/N-ethyl adjacent to an activating group) is 1. The minimum atomic E-state index is -0.113. The lowest BCUT2D eigenvalue weighted by atomic mass is 10.1. The summed E-state index contributed by atoms with van der Waals surface area (Å²) in [6.45, 7) is 1.93. The van der Waals surface area contributed by atoms with Crippen LogP contribution in [0.3, 0.4) is 0 Å². The molecule has 1 unspecified atom stereocenters. The topological polar surface area (TPSA) is 49.0 Å². The minimum absolute atomic E-state index is 0.0800. The number of benzene rings is 1. The third kappa shape index (κ3) is 3.70. The van der Waals surface area contributed by atoms with Gasteiger partial charge in [0.1, 0.15) is 0 Å². The summed E-state index contributed by atoms with van der Waals surface area (Å²) in [6.07, 6.45) is 3.59. The molecule has 1 aromatic heterocycles. The van der Waals surface area contributed by atoms with Crippen molar-refractivity contribution in [3.8, 4) is 0 Å². The van der Waals surface area contributed by atoms with Gasteiger partial charge in [-0.05, 0) is 31.0 Å². The van der Waals surface area contributed by atoms with Gasteiger partial charge < -0.3 is 4.90 Å². The zero-order chi connectivity index (χ0) is 15.6. The number of carbonyl (C=O) groups excluding carboxylic acids is 1. The number of aromatic amines is 1. The summed E-state index contributed by atoms with van der Waals surface area (Å²) in [6, 6.07) is 3.22. The van der Waals surface area contributed by atoms with Crippen molar-refractivity contribution in [2.75, 3.05) is 7.05 Å². The highest BCUT2D eigenvalue weighted by Crippen LogP contribution is 2.30. The van der Waals surface area contributed by atoms with Gasteiger partial charge in [0, 0.05) is 34.4 Å². The van der Waals surface area contributed by atoms with Crippen molar-refractivity contribution < 1.29 is 4.79 Å². The van der Waals surface area contributed by atoms with E-state index in [0.717, 1.165) is 5.56 Å². The molecular formula is C14H14Cl3N3O. The van der Waals surface area contributed by atoms with Gasteiger partial charge in [-0.25, -0.2) is 0 Å². The summed E-state index contributed by atoms with van der Waals surface area (Å²) in [5.74, 6) is -0.113. The van der Waals surface area contributed by atoms with Crippen LogP contribution in [0.4, 0.5) is 0 Å². The number of nitrogens with zero attached hydrogens (tertiary/aromatic N) is 2. The molecule has 0 aliphatic rings. The molecule has 0 saturated heterocycles. The number of carbonyl (C=O) groups is 1. The van der Waals surface area contributed by atoms with Gasteiger partial charge in [0.05, 0.1) is 11.8 Å². The number of rotatable bonds is 4. The fourth-order valence-electron chi connectivity index (χ4n) is 1.97. The van der Waals surface area contributed by atoms with E-state index in [4.69, 9.17) is 34.8 Å². The lowest BCUT2D eigenvalue weighted by Gasteiger charge is -2.25. The quantitative estimate of drug-likeness (QED) is 0.907.